The van der Waals surface area contributed by atoms with Gasteiger partial charge in [0.25, 0.3) is 5.91 Å². The fourth-order valence-corrected chi connectivity index (χ4v) is 2.89. The van der Waals surface area contributed by atoms with Crippen LogP contribution in [0.3, 0.4) is 0 Å². The van der Waals surface area contributed by atoms with Crippen molar-refractivity contribution >= 4 is 17.6 Å². The highest BCUT2D eigenvalue weighted by Crippen LogP contribution is 2.42. The van der Waals surface area contributed by atoms with E-state index in [2.05, 4.69) is 5.32 Å². The molecular weight excluding hydrogens is 334 g/mol. The Morgan fingerprint density at radius 1 is 1.23 bits per heavy atom. The van der Waals surface area contributed by atoms with Crippen LogP contribution in [0.15, 0.2) is 18.2 Å². The summed E-state index contributed by atoms with van der Waals surface area (Å²) in [5, 5.41) is 2.88. The van der Waals surface area contributed by atoms with Crippen LogP contribution in [-0.4, -0.2) is 36.8 Å². The van der Waals surface area contributed by atoms with E-state index < -0.39 is 11.6 Å². The highest BCUT2D eigenvalue weighted by molar-refractivity contribution is 6.00. The van der Waals surface area contributed by atoms with Gasteiger partial charge in [-0.25, -0.2) is 4.79 Å². The molecule has 0 heterocycles. The van der Waals surface area contributed by atoms with E-state index in [4.69, 9.17) is 14.2 Å². The summed E-state index contributed by atoms with van der Waals surface area (Å²) >= 11 is 0. The van der Waals surface area contributed by atoms with E-state index in [0.29, 0.717) is 23.6 Å². The Balaban J connectivity index is 2.24. The molecule has 2 rings (SSSR count). The third kappa shape index (κ3) is 4.75. The number of esters is 1. The van der Waals surface area contributed by atoms with Crippen molar-refractivity contribution < 1.29 is 23.8 Å². The first-order chi connectivity index (χ1) is 12.3. The highest BCUT2D eigenvalue weighted by atomic mass is 16.5. The normalized spacial score (nSPS) is 16.1. The van der Waals surface area contributed by atoms with Crippen molar-refractivity contribution in [2.24, 2.45) is 5.92 Å². The van der Waals surface area contributed by atoms with Gasteiger partial charge in [-0.2, -0.15) is 0 Å². The summed E-state index contributed by atoms with van der Waals surface area (Å²) in [6.45, 7) is 9.95. The molecule has 1 saturated carbocycles. The number of hydrogen-bond acceptors (Lipinski definition) is 5. The molecule has 1 aliphatic carbocycles. The Morgan fingerprint density at radius 3 is 2.46 bits per heavy atom. The van der Waals surface area contributed by atoms with E-state index in [-0.39, 0.29) is 24.5 Å². The van der Waals surface area contributed by atoms with Gasteiger partial charge in [0.1, 0.15) is 16.9 Å². The summed E-state index contributed by atoms with van der Waals surface area (Å²) in [6, 6.07) is 4.99. The van der Waals surface area contributed by atoms with Crippen molar-refractivity contribution in [2.45, 2.75) is 59.2 Å². The summed E-state index contributed by atoms with van der Waals surface area (Å²) < 4.78 is 16.5. The topological polar surface area (TPSA) is 73.9 Å². The number of rotatable bonds is 9. The van der Waals surface area contributed by atoms with Gasteiger partial charge in [0.2, 0.25) is 0 Å². The summed E-state index contributed by atoms with van der Waals surface area (Å²) in [4.78, 5) is 25.1. The lowest BCUT2D eigenvalue weighted by atomic mass is 9.98. The van der Waals surface area contributed by atoms with Crippen LogP contribution >= 0.6 is 0 Å². The molecule has 6 heteroatoms. The van der Waals surface area contributed by atoms with Gasteiger partial charge < -0.3 is 19.5 Å². The highest BCUT2D eigenvalue weighted by Gasteiger charge is 2.48. The fraction of sp³-hybridized carbons (Fsp3) is 0.600. The van der Waals surface area contributed by atoms with Crippen LogP contribution in [0.4, 0.5) is 5.69 Å². The number of ether oxygens (including phenoxy) is 3. The number of anilines is 1. The van der Waals surface area contributed by atoms with Crippen LogP contribution in [0.5, 0.6) is 5.75 Å². The number of carbonyl (C=O) groups excluding carboxylic acids is 2. The van der Waals surface area contributed by atoms with Gasteiger partial charge in [0.05, 0.1) is 12.7 Å². The quantitative estimate of drug-likeness (QED) is 0.676. The number of nitrogens with one attached hydrogen (secondary N) is 1. The van der Waals surface area contributed by atoms with E-state index in [1.807, 2.05) is 27.7 Å². The van der Waals surface area contributed by atoms with Crippen LogP contribution in [0, 0.1) is 5.92 Å². The zero-order valence-corrected chi connectivity index (χ0v) is 16.3. The number of amides is 1. The molecule has 1 aromatic carbocycles. The first kappa shape index (κ1) is 20.2. The molecule has 0 bridgehead atoms. The number of benzene rings is 1. The minimum absolute atomic E-state index is 0.0836. The molecule has 1 unspecified atom stereocenters. The Bertz CT molecular complexity index is 654. The third-order valence-electron chi connectivity index (χ3n) is 4.35. The van der Waals surface area contributed by atoms with Gasteiger partial charge in [0, 0.05) is 12.3 Å². The van der Waals surface area contributed by atoms with E-state index in [1.54, 1.807) is 25.1 Å². The molecule has 1 amide bonds. The zero-order chi connectivity index (χ0) is 19.3. The summed E-state index contributed by atoms with van der Waals surface area (Å²) in [5.74, 6) is -0.00932. The van der Waals surface area contributed by atoms with Crippen LogP contribution in [-0.2, 0) is 14.3 Å². The van der Waals surface area contributed by atoms with E-state index in [1.165, 1.54) is 0 Å². The monoisotopic (exact) mass is 363 g/mol. The lowest BCUT2D eigenvalue weighted by Crippen LogP contribution is -2.44. The predicted octanol–water partition coefficient (Wildman–Crippen LogP) is 3.79. The minimum Gasteiger partial charge on any atom is -0.490 e. The lowest BCUT2D eigenvalue weighted by molar-refractivity contribution is -0.141. The van der Waals surface area contributed by atoms with E-state index >= 15 is 0 Å². The van der Waals surface area contributed by atoms with Gasteiger partial charge in [-0.05, 0) is 71.6 Å². The Labute approximate surface area is 155 Å². The van der Waals surface area contributed by atoms with Crippen molar-refractivity contribution in [3.63, 3.8) is 0 Å². The second-order valence-corrected chi connectivity index (χ2v) is 6.87. The number of hydrogen-bond donors (Lipinski definition) is 1. The van der Waals surface area contributed by atoms with Gasteiger partial charge in [-0.3, -0.25) is 4.79 Å². The molecule has 1 aliphatic rings. The van der Waals surface area contributed by atoms with Crippen LogP contribution in [0.2, 0.25) is 0 Å². The molecule has 0 aromatic heterocycles. The van der Waals surface area contributed by atoms with Crippen LogP contribution in [0.1, 0.15) is 57.8 Å². The summed E-state index contributed by atoms with van der Waals surface area (Å²) in [7, 11) is 0. The standard InChI is InChI=1S/C20H29NO5/c1-6-24-18(22)16-12-15(10-11-17(16)26-13(3)4)21-19(23)20(5,25-7-2)14-8-9-14/h10-14H,6-9H2,1-5H3,(H,21,23). The molecule has 6 nitrogen and oxygen atoms in total. The van der Waals surface area contributed by atoms with Gasteiger partial charge in [-0.1, -0.05) is 0 Å². The Kier molecular flexibility index (Phi) is 6.64. The predicted molar refractivity (Wildman–Crippen MR) is 99.5 cm³/mol. The van der Waals surface area contributed by atoms with Crippen molar-refractivity contribution in [1.82, 2.24) is 0 Å². The molecule has 1 N–H and O–H groups in total. The van der Waals surface area contributed by atoms with E-state index in [0.717, 1.165) is 12.8 Å². The maximum atomic E-state index is 12.8. The second kappa shape index (κ2) is 8.54. The summed E-state index contributed by atoms with van der Waals surface area (Å²) in [6.07, 6.45) is 1.89. The average Bonchev–Trinajstić information content (AvgIpc) is 3.41. The van der Waals surface area contributed by atoms with Gasteiger partial charge in [0.15, 0.2) is 0 Å². The Morgan fingerprint density at radius 2 is 1.92 bits per heavy atom. The van der Waals surface area contributed by atoms with E-state index in [9.17, 15) is 9.59 Å². The molecule has 0 spiro atoms. The molecule has 1 aromatic rings. The van der Waals surface area contributed by atoms with Crippen molar-refractivity contribution in [3.05, 3.63) is 23.8 Å². The molecule has 26 heavy (non-hydrogen) atoms. The summed E-state index contributed by atoms with van der Waals surface area (Å²) in [5.41, 5.74) is -0.0463. The van der Waals surface area contributed by atoms with Gasteiger partial charge in [-0.15, -0.1) is 0 Å². The third-order valence-corrected chi connectivity index (χ3v) is 4.35. The average molecular weight is 363 g/mol. The lowest BCUT2D eigenvalue weighted by Gasteiger charge is -2.28. The number of carbonyl (C=O) groups is 2. The maximum absolute atomic E-state index is 12.8. The van der Waals surface area contributed by atoms with Crippen molar-refractivity contribution in [3.8, 4) is 5.75 Å². The van der Waals surface area contributed by atoms with Crippen molar-refractivity contribution in [2.75, 3.05) is 18.5 Å². The molecule has 1 fully saturated rings. The van der Waals surface area contributed by atoms with Gasteiger partial charge >= 0.3 is 5.97 Å². The van der Waals surface area contributed by atoms with Crippen LogP contribution in [0.25, 0.3) is 0 Å². The molecule has 0 radical (unpaired) electrons. The molecule has 0 aliphatic heterocycles. The SMILES string of the molecule is CCOC(=O)c1cc(NC(=O)C(C)(OCC)C2CC2)ccc1OC(C)C. The largest absolute Gasteiger partial charge is 0.490 e. The molecule has 0 saturated heterocycles. The second-order valence-electron chi connectivity index (χ2n) is 6.87. The molecule has 144 valence electrons. The first-order valence-electron chi connectivity index (χ1n) is 9.25. The zero-order valence-electron chi connectivity index (χ0n) is 16.3. The first-order valence-corrected chi connectivity index (χ1v) is 9.25. The fourth-order valence-electron chi connectivity index (χ4n) is 2.89. The minimum atomic E-state index is -0.855. The molecular formula is C20H29NO5. The Hall–Kier alpha value is -2.08. The molecule has 1 atom stereocenters. The van der Waals surface area contributed by atoms with Crippen LogP contribution < -0.4 is 10.1 Å². The van der Waals surface area contributed by atoms with Crippen molar-refractivity contribution in [1.29, 1.82) is 0 Å². The maximum Gasteiger partial charge on any atom is 0.341 e. The smallest absolute Gasteiger partial charge is 0.341 e.